The third-order valence-corrected chi connectivity index (χ3v) is 1.38. The fourth-order valence-corrected chi connectivity index (χ4v) is 0.717. The molecular formula is C9H12O5. The second kappa shape index (κ2) is 5.18. The van der Waals surface area contributed by atoms with Crippen LogP contribution in [0.3, 0.4) is 0 Å². The molecule has 0 radical (unpaired) electrons. The van der Waals surface area contributed by atoms with E-state index in [4.69, 9.17) is 10.2 Å². The standard InChI is InChI=1S/C9H12O5/c1-9(14,6-4-8(12)13)5-2-3-7(10)11/h2-4,6,14H,5H2,1H3,(H,10,11)(H,12,13). The van der Waals surface area contributed by atoms with E-state index in [2.05, 4.69) is 0 Å². The van der Waals surface area contributed by atoms with Gasteiger partial charge >= 0.3 is 11.9 Å². The van der Waals surface area contributed by atoms with Crippen LogP contribution in [0.2, 0.25) is 0 Å². The summed E-state index contributed by atoms with van der Waals surface area (Å²) < 4.78 is 0. The van der Waals surface area contributed by atoms with Gasteiger partial charge in [0.05, 0.1) is 5.60 Å². The Balaban J connectivity index is 4.20. The van der Waals surface area contributed by atoms with Crippen LogP contribution in [0.15, 0.2) is 24.3 Å². The molecule has 5 heteroatoms. The first-order chi connectivity index (χ1) is 6.33. The first kappa shape index (κ1) is 12.4. The van der Waals surface area contributed by atoms with Crippen molar-refractivity contribution in [2.75, 3.05) is 0 Å². The van der Waals surface area contributed by atoms with Gasteiger partial charge in [0, 0.05) is 12.2 Å². The Bertz CT molecular complexity index is 275. The Morgan fingerprint density at radius 2 is 1.71 bits per heavy atom. The van der Waals surface area contributed by atoms with Gasteiger partial charge in [-0.2, -0.15) is 0 Å². The molecule has 0 aromatic carbocycles. The van der Waals surface area contributed by atoms with Crippen LogP contribution in [0, 0.1) is 0 Å². The first-order valence-electron chi connectivity index (χ1n) is 3.87. The zero-order valence-electron chi connectivity index (χ0n) is 7.67. The minimum Gasteiger partial charge on any atom is -0.478 e. The van der Waals surface area contributed by atoms with Crippen LogP contribution in [-0.4, -0.2) is 32.9 Å². The van der Waals surface area contributed by atoms with Crippen molar-refractivity contribution in [2.45, 2.75) is 18.9 Å². The fourth-order valence-electron chi connectivity index (χ4n) is 0.717. The molecule has 0 saturated carbocycles. The summed E-state index contributed by atoms with van der Waals surface area (Å²) in [5, 5.41) is 26.0. The van der Waals surface area contributed by atoms with Crippen molar-refractivity contribution in [2.24, 2.45) is 0 Å². The molecule has 78 valence electrons. The lowest BCUT2D eigenvalue weighted by molar-refractivity contribution is -0.132. The lowest BCUT2D eigenvalue weighted by atomic mass is 10.0. The molecule has 0 aromatic heterocycles. The van der Waals surface area contributed by atoms with Crippen molar-refractivity contribution in [3.8, 4) is 0 Å². The summed E-state index contributed by atoms with van der Waals surface area (Å²) in [5.41, 5.74) is -1.34. The van der Waals surface area contributed by atoms with E-state index in [1.165, 1.54) is 13.0 Å². The van der Waals surface area contributed by atoms with E-state index >= 15 is 0 Å². The number of hydrogen-bond acceptors (Lipinski definition) is 3. The topological polar surface area (TPSA) is 94.8 Å². The predicted molar refractivity (Wildman–Crippen MR) is 48.8 cm³/mol. The first-order valence-corrected chi connectivity index (χ1v) is 3.87. The van der Waals surface area contributed by atoms with Crippen molar-refractivity contribution in [1.82, 2.24) is 0 Å². The molecular weight excluding hydrogens is 188 g/mol. The molecule has 0 heterocycles. The molecule has 5 nitrogen and oxygen atoms in total. The lowest BCUT2D eigenvalue weighted by Gasteiger charge is -2.15. The quantitative estimate of drug-likeness (QED) is 0.558. The van der Waals surface area contributed by atoms with Gasteiger partial charge < -0.3 is 15.3 Å². The van der Waals surface area contributed by atoms with E-state index < -0.39 is 17.5 Å². The Morgan fingerprint density at radius 3 is 2.14 bits per heavy atom. The van der Waals surface area contributed by atoms with Crippen molar-refractivity contribution >= 4 is 11.9 Å². The van der Waals surface area contributed by atoms with Crippen LogP contribution >= 0.6 is 0 Å². The van der Waals surface area contributed by atoms with Crippen molar-refractivity contribution in [3.05, 3.63) is 24.3 Å². The Hall–Kier alpha value is -1.62. The minimum absolute atomic E-state index is 0.0447. The highest BCUT2D eigenvalue weighted by atomic mass is 16.4. The summed E-state index contributed by atoms with van der Waals surface area (Å²) >= 11 is 0. The molecule has 0 aliphatic carbocycles. The third kappa shape index (κ3) is 7.05. The van der Waals surface area contributed by atoms with Gasteiger partial charge in [-0.3, -0.25) is 0 Å². The molecule has 0 bridgehead atoms. The highest BCUT2D eigenvalue weighted by Crippen LogP contribution is 2.11. The molecule has 0 rings (SSSR count). The average Bonchev–Trinajstić information content (AvgIpc) is 2.00. The summed E-state index contributed by atoms with van der Waals surface area (Å²) in [6, 6.07) is 0. The smallest absolute Gasteiger partial charge is 0.328 e. The minimum atomic E-state index is -1.34. The zero-order chi connectivity index (χ0) is 11.2. The van der Waals surface area contributed by atoms with E-state index in [1.807, 2.05) is 0 Å². The largest absolute Gasteiger partial charge is 0.478 e. The Morgan fingerprint density at radius 1 is 1.21 bits per heavy atom. The molecule has 0 amide bonds. The molecule has 0 aliphatic heterocycles. The number of carboxylic acid groups (broad SMARTS) is 2. The van der Waals surface area contributed by atoms with Crippen molar-refractivity contribution in [1.29, 1.82) is 0 Å². The number of carboxylic acids is 2. The number of aliphatic carboxylic acids is 2. The van der Waals surface area contributed by atoms with E-state index in [-0.39, 0.29) is 6.42 Å². The van der Waals surface area contributed by atoms with Gasteiger partial charge in [-0.1, -0.05) is 6.08 Å². The van der Waals surface area contributed by atoms with Crippen LogP contribution < -0.4 is 0 Å². The second-order valence-electron chi connectivity index (χ2n) is 2.97. The third-order valence-electron chi connectivity index (χ3n) is 1.38. The molecule has 1 unspecified atom stereocenters. The predicted octanol–water partition coefficient (Wildman–Crippen LogP) is 0.409. The molecule has 3 N–H and O–H groups in total. The number of aliphatic hydroxyl groups is 1. The summed E-state index contributed by atoms with van der Waals surface area (Å²) in [7, 11) is 0. The zero-order valence-corrected chi connectivity index (χ0v) is 7.67. The Labute approximate surface area is 81.0 Å². The molecule has 1 atom stereocenters. The van der Waals surface area contributed by atoms with Crippen LogP contribution in [0.4, 0.5) is 0 Å². The normalized spacial score (nSPS) is 15.9. The van der Waals surface area contributed by atoms with Crippen LogP contribution in [0.5, 0.6) is 0 Å². The summed E-state index contributed by atoms with van der Waals surface area (Å²) in [6.07, 6.45) is 4.11. The van der Waals surface area contributed by atoms with Crippen LogP contribution in [0.25, 0.3) is 0 Å². The van der Waals surface area contributed by atoms with Gasteiger partial charge in [0.1, 0.15) is 0 Å². The Kier molecular flexibility index (Phi) is 4.58. The molecule has 0 aromatic rings. The highest BCUT2D eigenvalue weighted by molar-refractivity contribution is 5.80. The molecule has 0 fully saturated rings. The van der Waals surface area contributed by atoms with Gasteiger partial charge in [0.25, 0.3) is 0 Å². The highest BCUT2D eigenvalue weighted by Gasteiger charge is 2.14. The summed E-state index contributed by atoms with van der Waals surface area (Å²) in [6.45, 7) is 1.39. The van der Waals surface area contributed by atoms with Crippen LogP contribution in [-0.2, 0) is 9.59 Å². The summed E-state index contributed by atoms with van der Waals surface area (Å²) in [5.74, 6) is -2.27. The van der Waals surface area contributed by atoms with E-state index in [0.717, 1.165) is 18.2 Å². The van der Waals surface area contributed by atoms with Gasteiger partial charge in [-0.05, 0) is 19.4 Å². The average molecular weight is 200 g/mol. The molecule has 0 aliphatic rings. The van der Waals surface area contributed by atoms with Gasteiger partial charge in [-0.25, -0.2) is 9.59 Å². The number of carbonyl (C=O) groups is 2. The van der Waals surface area contributed by atoms with E-state index in [9.17, 15) is 14.7 Å². The van der Waals surface area contributed by atoms with Gasteiger partial charge in [0.2, 0.25) is 0 Å². The number of hydrogen-bond donors (Lipinski definition) is 3. The van der Waals surface area contributed by atoms with E-state index in [0.29, 0.717) is 0 Å². The number of rotatable bonds is 5. The maximum absolute atomic E-state index is 10.1. The monoisotopic (exact) mass is 200 g/mol. The molecule has 0 saturated heterocycles. The van der Waals surface area contributed by atoms with E-state index in [1.54, 1.807) is 0 Å². The maximum Gasteiger partial charge on any atom is 0.328 e. The fraction of sp³-hybridized carbons (Fsp3) is 0.333. The van der Waals surface area contributed by atoms with Crippen molar-refractivity contribution < 1.29 is 24.9 Å². The maximum atomic E-state index is 10.1. The second-order valence-corrected chi connectivity index (χ2v) is 2.97. The van der Waals surface area contributed by atoms with Gasteiger partial charge in [-0.15, -0.1) is 0 Å². The summed E-state index contributed by atoms with van der Waals surface area (Å²) in [4.78, 5) is 20.2. The molecule has 14 heavy (non-hydrogen) atoms. The SMILES string of the molecule is CC(O)(C=CC(=O)O)CC=CC(=O)O. The van der Waals surface area contributed by atoms with Crippen LogP contribution in [0.1, 0.15) is 13.3 Å². The molecule has 0 spiro atoms. The lowest BCUT2D eigenvalue weighted by Crippen LogP contribution is -2.19. The van der Waals surface area contributed by atoms with Gasteiger partial charge in [0.15, 0.2) is 0 Å². The van der Waals surface area contributed by atoms with Crippen molar-refractivity contribution in [3.63, 3.8) is 0 Å².